The molecule has 1 N–H and O–H groups in total. The number of nitrogens with zero attached hydrogens (tertiary/aromatic N) is 1. The zero-order chi connectivity index (χ0) is 17.2. The van der Waals surface area contributed by atoms with Gasteiger partial charge in [-0.2, -0.15) is 0 Å². The van der Waals surface area contributed by atoms with Crippen molar-refractivity contribution in [2.45, 2.75) is 51.6 Å². The highest BCUT2D eigenvalue weighted by Gasteiger charge is 2.35. The fraction of sp³-hybridized carbons (Fsp3) is 0.650. The molecule has 1 saturated carbocycles. The zero-order valence-electron chi connectivity index (χ0n) is 15.4. The van der Waals surface area contributed by atoms with Crippen LogP contribution >= 0.6 is 12.4 Å². The van der Waals surface area contributed by atoms with E-state index in [1.807, 2.05) is 12.1 Å². The second-order valence-corrected chi connectivity index (χ2v) is 7.65. The van der Waals surface area contributed by atoms with Crippen LogP contribution in [0.1, 0.15) is 44.6 Å². The summed E-state index contributed by atoms with van der Waals surface area (Å²) in [5.74, 6) is 2.49. The molecule has 1 atom stereocenters. The fourth-order valence-electron chi connectivity index (χ4n) is 4.14. The van der Waals surface area contributed by atoms with Crippen LogP contribution in [0.2, 0.25) is 0 Å². The van der Waals surface area contributed by atoms with Crippen LogP contribution in [0.4, 0.5) is 0 Å². The lowest BCUT2D eigenvalue weighted by Gasteiger charge is -2.39. The van der Waals surface area contributed by atoms with Gasteiger partial charge in [-0.05, 0) is 49.5 Å². The Bertz CT molecular complexity index is 629. The standard InChI is InChI=1S/C20H28N2O3.ClH/c1-14(16-10-21-11-16)20(23)22(17-5-3-2-4-6-17)12-15-7-8-18-19(9-15)25-13-24-18;/h7-9,14,16-17,21H,2-6,10-13H2,1H3;1H. The lowest BCUT2D eigenvalue weighted by molar-refractivity contribution is -0.141. The van der Waals surface area contributed by atoms with Gasteiger partial charge in [0.25, 0.3) is 0 Å². The Balaban J connectivity index is 0.00000196. The van der Waals surface area contributed by atoms with Gasteiger partial charge in [-0.1, -0.05) is 32.3 Å². The molecule has 3 aliphatic rings. The monoisotopic (exact) mass is 380 g/mol. The maximum absolute atomic E-state index is 13.3. The van der Waals surface area contributed by atoms with Gasteiger partial charge < -0.3 is 19.7 Å². The maximum atomic E-state index is 13.3. The first-order valence-corrected chi connectivity index (χ1v) is 9.62. The van der Waals surface area contributed by atoms with Crippen molar-refractivity contribution in [3.63, 3.8) is 0 Å². The number of amides is 1. The van der Waals surface area contributed by atoms with Crippen LogP contribution in [0.3, 0.4) is 0 Å². The Labute approximate surface area is 161 Å². The molecule has 1 saturated heterocycles. The van der Waals surface area contributed by atoms with Crippen molar-refractivity contribution in [1.82, 2.24) is 10.2 Å². The van der Waals surface area contributed by atoms with Crippen molar-refractivity contribution < 1.29 is 14.3 Å². The molecule has 1 aliphatic carbocycles. The zero-order valence-corrected chi connectivity index (χ0v) is 16.2. The van der Waals surface area contributed by atoms with Gasteiger partial charge in [-0.15, -0.1) is 12.4 Å². The highest BCUT2D eigenvalue weighted by molar-refractivity contribution is 5.85. The summed E-state index contributed by atoms with van der Waals surface area (Å²) >= 11 is 0. The number of rotatable bonds is 5. The van der Waals surface area contributed by atoms with Crippen molar-refractivity contribution in [2.75, 3.05) is 19.9 Å². The topological polar surface area (TPSA) is 50.8 Å². The summed E-state index contributed by atoms with van der Waals surface area (Å²) in [5, 5.41) is 3.29. The van der Waals surface area contributed by atoms with Gasteiger partial charge in [0.15, 0.2) is 11.5 Å². The van der Waals surface area contributed by atoms with Crippen molar-refractivity contribution in [3.8, 4) is 11.5 Å². The summed E-state index contributed by atoms with van der Waals surface area (Å²) < 4.78 is 10.9. The minimum Gasteiger partial charge on any atom is -0.454 e. The van der Waals surface area contributed by atoms with Gasteiger partial charge in [0.2, 0.25) is 12.7 Å². The van der Waals surface area contributed by atoms with E-state index in [1.165, 1.54) is 19.3 Å². The van der Waals surface area contributed by atoms with Crippen molar-refractivity contribution in [1.29, 1.82) is 0 Å². The number of nitrogens with one attached hydrogen (secondary N) is 1. The number of carbonyl (C=O) groups excluding carboxylic acids is 1. The summed E-state index contributed by atoms with van der Waals surface area (Å²) in [6.07, 6.45) is 6.02. The second kappa shape index (κ2) is 8.49. The maximum Gasteiger partial charge on any atom is 0.231 e. The highest BCUT2D eigenvalue weighted by atomic mass is 35.5. The molecule has 4 rings (SSSR count). The third-order valence-electron chi connectivity index (χ3n) is 6.00. The second-order valence-electron chi connectivity index (χ2n) is 7.65. The average molecular weight is 381 g/mol. The molecule has 1 aromatic rings. The predicted octanol–water partition coefficient (Wildman–Crippen LogP) is 3.35. The highest BCUT2D eigenvalue weighted by Crippen LogP contribution is 2.34. The molecule has 2 aliphatic heterocycles. The number of hydrogen-bond donors (Lipinski definition) is 1. The Kier molecular flexibility index (Phi) is 6.30. The van der Waals surface area contributed by atoms with E-state index in [1.54, 1.807) is 0 Å². The van der Waals surface area contributed by atoms with Crippen LogP contribution in [0, 0.1) is 11.8 Å². The molecule has 0 aromatic heterocycles. The molecule has 0 radical (unpaired) electrons. The van der Waals surface area contributed by atoms with Gasteiger partial charge in [0.05, 0.1) is 0 Å². The molecule has 2 heterocycles. The van der Waals surface area contributed by atoms with Crippen LogP contribution in [-0.4, -0.2) is 36.7 Å². The number of benzene rings is 1. The third kappa shape index (κ3) is 3.94. The smallest absolute Gasteiger partial charge is 0.231 e. The van der Waals surface area contributed by atoms with Gasteiger partial charge in [-0.25, -0.2) is 0 Å². The van der Waals surface area contributed by atoms with Crippen molar-refractivity contribution >= 4 is 18.3 Å². The predicted molar refractivity (Wildman–Crippen MR) is 103 cm³/mol. The molecule has 6 heteroatoms. The first kappa shape index (κ1) is 19.3. The number of ether oxygens (including phenoxy) is 2. The number of halogens is 1. The molecular formula is C20H29ClN2O3. The van der Waals surface area contributed by atoms with Crippen molar-refractivity contribution in [2.24, 2.45) is 11.8 Å². The van der Waals surface area contributed by atoms with E-state index in [9.17, 15) is 4.79 Å². The average Bonchev–Trinajstić information content (AvgIpc) is 3.06. The van der Waals surface area contributed by atoms with Gasteiger partial charge in [0.1, 0.15) is 0 Å². The third-order valence-corrected chi connectivity index (χ3v) is 6.00. The van der Waals surface area contributed by atoms with Crippen LogP contribution in [0.25, 0.3) is 0 Å². The fourth-order valence-corrected chi connectivity index (χ4v) is 4.14. The van der Waals surface area contributed by atoms with E-state index in [0.29, 0.717) is 24.4 Å². The lowest BCUT2D eigenvalue weighted by atomic mass is 9.86. The van der Waals surface area contributed by atoms with Crippen LogP contribution < -0.4 is 14.8 Å². The number of hydrogen-bond acceptors (Lipinski definition) is 4. The first-order chi connectivity index (χ1) is 12.2. The van der Waals surface area contributed by atoms with Gasteiger partial charge in [-0.3, -0.25) is 4.79 Å². The molecule has 1 aromatic carbocycles. The van der Waals surface area contributed by atoms with Crippen LogP contribution in [-0.2, 0) is 11.3 Å². The lowest BCUT2D eigenvalue weighted by Crippen LogP contribution is -2.52. The largest absolute Gasteiger partial charge is 0.454 e. The van der Waals surface area contributed by atoms with E-state index < -0.39 is 0 Å². The van der Waals surface area contributed by atoms with E-state index in [4.69, 9.17) is 9.47 Å². The summed E-state index contributed by atoms with van der Waals surface area (Å²) in [5.41, 5.74) is 1.13. The van der Waals surface area contributed by atoms with Crippen LogP contribution in [0.5, 0.6) is 11.5 Å². The number of carbonyl (C=O) groups is 1. The quantitative estimate of drug-likeness (QED) is 0.851. The molecule has 2 fully saturated rings. The van der Waals surface area contributed by atoms with Gasteiger partial charge >= 0.3 is 0 Å². The van der Waals surface area contributed by atoms with E-state index >= 15 is 0 Å². The minimum absolute atomic E-state index is 0. The molecule has 26 heavy (non-hydrogen) atoms. The van der Waals surface area contributed by atoms with E-state index in [2.05, 4.69) is 23.2 Å². The normalized spacial score (nSPS) is 20.8. The molecule has 1 unspecified atom stereocenters. The van der Waals surface area contributed by atoms with E-state index in [0.717, 1.165) is 43.0 Å². The Morgan fingerprint density at radius 1 is 1.19 bits per heavy atom. The number of fused-ring (bicyclic) bond motifs is 1. The van der Waals surface area contributed by atoms with Crippen LogP contribution in [0.15, 0.2) is 18.2 Å². The van der Waals surface area contributed by atoms with Gasteiger partial charge in [0, 0.05) is 18.5 Å². The van der Waals surface area contributed by atoms with E-state index in [-0.39, 0.29) is 25.1 Å². The van der Waals surface area contributed by atoms with Crippen molar-refractivity contribution in [3.05, 3.63) is 23.8 Å². The molecule has 1 amide bonds. The Hall–Kier alpha value is -1.46. The summed E-state index contributed by atoms with van der Waals surface area (Å²) in [6.45, 7) is 4.99. The molecule has 0 bridgehead atoms. The first-order valence-electron chi connectivity index (χ1n) is 9.62. The summed E-state index contributed by atoms with van der Waals surface area (Å²) in [7, 11) is 0. The molecule has 0 spiro atoms. The summed E-state index contributed by atoms with van der Waals surface area (Å²) in [6, 6.07) is 6.43. The molecule has 5 nitrogen and oxygen atoms in total. The summed E-state index contributed by atoms with van der Waals surface area (Å²) in [4.78, 5) is 15.4. The SMILES string of the molecule is CC(C(=O)N(Cc1ccc2c(c1)OCO2)C1CCCCC1)C1CNC1.Cl. The molecular weight excluding hydrogens is 352 g/mol. The molecule has 144 valence electrons. The Morgan fingerprint density at radius 3 is 2.62 bits per heavy atom. The Morgan fingerprint density at radius 2 is 1.92 bits per heavy atom. The minimum atomic E-state index is 0.